The number of phenolic OH excluding ortho intramolecular Hbond substituents is 1. The number of aryl methyl sites for hydroxylation is 2. The highest BCUT2D eigenvalue weighted by Crippen LogP contribution is 2.37. The Morgan fingerprint density at radius 1 is 1.18 bits per heavy atom. The van der Waals surface area contributed by atoms with E-state index in [4.69, 9.17) is 0 Å². The fourth-order valence-corrected chi connectivity index (χ4v) is 2.49. The maximum absolute atomic E-state index is 10.4. The first-order valence-electron chi connectivity index (χ1n) is 6.27. The Morgan fingerprint density at radius 3 is 2.53 bits per heavy atom. The molecular weight excluding hydrogens is 208 g/mol. The Labute approximate surface area is 103 Å². The number of rotatable bonds is 2. The largest absolute Gasteiger partial charge is 0.507 e. The molecule has 1 heteroatoms. The summed E-state index contributed by atoms with van der Waals surface area (Å²) in [7, 11) is 0. The van der Waals surface area contributed by atoms with Crippen LogP contribution in [0.1, 0.15) is 42.9 Å². The first-order valence-corrected chi connectivity index (χ1v) is 6.27. The highest BCUT2D eigenvalue weighted by Gasteiger charge is 2.14. The van der Waals surface area contributed by atoms with Crippen molar-refractivity contribution >= 4 is 10.8 Å². The van der Waals surface area contributed by atoms with E-state index in [1.54, 1.807) is 0 Å². The summed E-state index contributed by atoms with van der Waals surface area (Å²) in [5.74, 6) is 0.870. The summed E-state index contributed by atoms with van der Waals surface area (Å²) in [5.41, 5.74) is 3.52. The molecule has 0 aliphatic rings. The van der Waals surface area contributed by atoms with Gasteiger partial charge in [0.25, 0.3) is 0 Å². The fraction of sp³-hybridized carbons (Fsp3) is 0.375. The molecule has 0 unspecified atom stereocenters. The van der Waals surface area contributed by atoms with Crippen molar-refractivity contribution in [3.8, 4) is 5.75 Å². The maximum atomic E-state index is 10.4. The highest BCUT2D eigenvalue weighted by molar-refractivity contribution is 5.91. The highest BCUT2D eigenvalue weighted by atomic mass is 16.3. The van der Waals surface area contributed by atoms with Crippen LogP contribution in [0.4, 0.5) is 0 Å². The molecule has 1 atom stereocenters. The number of aromatic hydroxyl groups is 1. The van der Waals surface area contributed by atoms with Gasteiger partial charge in [-0.15, -0.1) is 0 Å². The van der Waals surface area contributed by atoms with E-state index < -0.39 is 0 Å². The van der Waals surface area contributed by atoms with Crippen molar-refractivity contribution in [2.75, 3.05) is 0 Å². The zero-order valence-corrected chi connectivity index (χ0v) is 11.0. The zero-order chi connectivity index (χ0) is 12.6. The smallest absolute Gasteiger partial charge is 0.127 e. The molecule has 2 aromatic carbocycles. The van der Waals surface area contributed by atoms with Crippen LogP contribution in [0.5, 0.6) is 5.75 Å². The Kier molecular flexibility index (Phi) is 3.10. The fourth-order valence-electron chi connectivity index (χ4n) is 2.49. The van der Waals surface area contributed by atoms with Gasteiger partial charge in [0.15, 0.2) is 0 Å². The second-order valence-corrected chi connectivity index (χ2v) is 4.99. The van der Waals surface area contributed by atoms with E-state index in [-0.39, 0.29) is 0 Å². The van der Waals surface area contributed by atoms with Crippen LogP contribution in [0.2, 0.25) is 0 Å². The van der Waals surface area contributed by atoms with Gasteiger partial charge in [0.2, 0.25) is 0 Å². The number of fused-ring (bicyclic) bond motifs is 1. The van der Waals surface area contributed by atoms with Gasteiger partial charge in [0.1, 0.15) is 5.75 Å². The lowest BCUT2D eigenvalue weighted by Crippen LogP contribution is -1.96. The monoisotopic (exact) mass is 228 g/mol. The summed E-state index contributed by atoms with van der Waals surface area (Å²) in [4.78, 5) is 0. The lowest BCUT2D eigenvalue weighted by Gasteiger charge is -2.17. The summed E-state index contributed by atoms with van der Waals surface area (Å²) < 4.78 is 0. The third-order valence-corrected chi connectivity index (χ3v) is 3.62. The van der Waals surface area contributed by atoms with E-state index >= 15 is 0 Å². The molecule has 0 fully saturated rings. The van der Waals surface area contributed by atoms with Crippen molar-refractivity contribution in [2.24, 2.45) is 0 Å². The quantitative estimate of drug-likeness (QED) is 0.791. The van der Waals surface area contributed by atoms with Crippen molar-refractivity contribution < 1.29 is 5.11 Å². The summed E-state index contributed by atoms with van der Waals surface area (Å²) in [6.45, 7) is 8.49. The number of benzene rings is 2. The maximum Gasteiger partial charge on any atom is 0.127 e. The standard InChI is InChI=1S/C16H20O/c1-5-11(3)15-12(4)9-13-8-10(2)6-7-14(13)16(15)17/h6-9,11,17H,5H2,1-4H3/t11-/m1/s1. The van der Waals surface area contributed by atoms with Crippen LogP contribution in [-0.2, 0) is 0 Å². The van der Waals surface area contributed by atoms with E-state index in [1.165, 1.54) is 11.1 Å². The minimum absolute atomic E-state index is 0.403. The van der Waals surface area contributed by atoms with Gasteiger partial charge < -0.3 is 5.11 Å². The molecule has 0 amide bonds. The summed E-state index contributed by atoms with van der Waals surface area (Å²) >= 11 is 0. The van der Waals surface area contributed by atoms with Crippen LogP contribution in [0, 0.1) is 13.8 Å². The predicted octanol–water partition coefficient (Wildman–Crippen LogP) is 4.68. The van der Waals surface area contributed by atoms with Gasteiger partial charge in [-0.2, -0.15) is 0 Å². The van der Waals surface area contributed by atoms with E-state index in [0.717, 1.165) is 22.8 Å². The van der Waals surface area contributed by atoms with Gasteiger partial charge in [-0.05, 0) is 37.1 Å². The van der Waals surface area contributed by atoms with E-state index in [9.17, 15) is 5.11 Å². The molecule has 0 heterocycles. The first-order chi connectivity index (χ1) is 8.04. The molecule has 0 aromatic heterocycles. The molecule has 1 nitrogen and oxygen atoms in total. The molecule has 0 radical (unpaired) electrons. The van der Waals surface area contributed by atoms with Crippen molar-refractivity contribution in [2.45, 2.75) is 40.0 Å². The van der Waals surface area contributed by atoms with Crippen molar-refractivity contribution in [1.29, 1.82) is 0 Å². The lowest BCUT2D eigenvalue weighted by molar-refractivity contribution is 0.467. The minimum atomic E-state index is 0.403. The molecular formula is C16H20O. The number of hydrogen-bond acceptors (Lipinski definition) is 1. The van der Waals surface area contributed by atoms with Gasteiger partial charge >= 0.3 is 0 Å². The first kappa shape index (κ1) is 12.0. The van der Waals surface area contributed by atoms with Gasteiger partial charge in [-0.25, -0.2) is 0 Å². The SMILES string of the molecule is CC[C@@H](C)c1c(C)cc2cc(C)ccc2c1O. The molecule has 2 rings (SSSR count). The second-order valence-electron chi connectivity index (χ2n) is 4.99. The second kappa shape index (κ2) is 4.40. The molecule has 17 heavy (non-hydrogen) atoms. The van der Waals surface area contributed by atoms with Crippen LogP contribution in [0.15, 0.2) is 24.3 Å². The normalized spacial score (nSPS) is 12.9. The number of phenols is 1. The van der Waals surface area contributed by atoms with Crippen molar-refractivity contribution in [3.63, 3.8) is 0 Å². The molecule has 1 N–H and O–H groups in total. The molecule has 0 aliphatic carbocycles. The average molecular weight is 228 g/mol. The van der Waals surface area contributed by atoms with Gasteiger partial charge in [0, 0.05) is 10.9 Å². The minimum Gasteiger partial charge on any atom is -0.507 e. The molecule has 0 saturated heterocycles. The van der Waals surface area contributed by atoms with Crippen molar-refractivity contribution in [1.82, 2.24) is 0 Å². The van der Waals surface area contributed by atoms with Crippen LogP contribution < -0.4 is 0 Å². The van der Waals surface area contributed by atoms with Gasteiger partial charge in [-0.1, -0.05) is 43.7 Å². The molecule has 2 aromatic rings. The van der Waals surface area contributed by atoms with E-state index in [1.807, 2.05) is 6.07 Å². The summed E-state index contributed by atoms with van der Waals surface area (Å²) in [5, 5.41) is 12.5. The molecule has 0 spiro atoms. The Morgan fingerprint density at radius 2 is 1.88 bits per heavy atom. The Balaban J connectivity index is 2.76. The molecule has 90 valence electrons. The Hall–Kier alpha value is -1.50. The van der Waals surface area contributed by atoms with Crippen LogP contribution >= 0.6 is 0 Å². The third-order valence-electron chi connectivity index (χ3n) is 3.62. The van der Waals surface area contributed by atoms with Crippen LogP contribution in [-0.4, -0.2) is 5.11 Å². The zero-order valence-electron chi connectivity index (χ0n) is 11.0. The molecule has 0 saturated carbocycles. The van der Waals surface area contributed by atoms with E-state index in [0.29, 0.717) is 11.7 Å². The van der Waals surface area contributed by atoms with Crippen LogP contribution in [0.25, 0.3) is 10.8 Å². The van der Waals surface area contributed by atoms with Crippen LogP contribution in [0.3, 0.4) is 0 Å². The molecule has 0 aliphatic heterocycles. The molecule has 0 bridgehead atoms. The third kappa shape index (κ3) is 2.02. The number of hydrogen-bond donors (Lipinski definition) is 1. The van der Waals surface area contributed by atoms with Gasteiger partial charge in [0.05, 0.1) is 0 Å². The van der Waals surface area contributed by atoms with Gasteiger partial charge in [-0.3, -0.25) is 0 Å². The lowest BCUT2D eigenvalue weighted by atomic mass is 9.90. The summed E-state index contributed by atoms with van der Waals surface area (Å²) in [6, 6.07) is 8.38. The summed E-state index contributed by atoms with van der Waals surface area (Å²) in [6.07, 6.45) is 1.05. The van der Waals surface area contributed by atoms with Crippen molar-refractivity contribution in [3.05, 3.63) is 41.0 Å². The van der Waals surface area contributed by atoms with E-state index in [2.05, 4.69) is 45.9 Å². The average Bonchev–Trinajstić information content (AvgIpc) is 2.28. The Bertz CT molecular complexity index is 555. The predicted molar refractivity (Wildman–Crippen MR) is 73.8 cm³/mol. The topological polar surface area (TPSA) is 20.2 Å².